The van der Waals surface area contributed by atoms with Crippen LogP contribution in [0, 0.1) is 23.7 Å². The first-order valence-corrected chi connectivity index (χ1v) is 23.8. The molecule has 1 spiro atoms. The highest BCUT2D eigenvalue weighted by Gasteiger charge is 2.61. The summed E-state index contributed by atoms with van der Waals surface area (Å²) in [5.41, 5.74) is 22.1. The molecule has 5 aliphatic rings. The number of anilines is 3. The zero-order chi connectivity index (χ0) is 42.9. The van der Waals surface area contributed by atoms with Gasteiger partial charge in [-0.3, -0.25) is 0 Å². The van der Waals surface area contributed by atoms with E-state index in [0.717, 1.165) is 40.7 Å². The van der Waals surface area contributed by atoms with Gasteiger partial charge in [0.1, 0.15) is 0 Å². The average molecular weight is 834 g/mol. The van der Waals surface area contributed by atoms with E-state index in [1.54, 1.807) is 11.1 Å². The minimum absolute atomic E-state index is 0.224. The highest BCUT2D eigenvalue weighted by Crippen LogP contribution is 2.69. The molecule has 0 heterocycles. The van der Waals surface area contributed by atoms with Gasteiger partial charge in [-0.05, 0) is 176 Å². The molecule has 4 saturated carbocycles. The Morgan fingerprint density at radius 3 is 1.03 bits per heavy atom. The summed E-state index contributed by atoms with van der Waals surface area (Å²) in [7, 11) is 0. The Labute approximate surface area is 383 Å². The van der Waals surface area contributed by atoms with E-state index in [1.165, 1.54) is 98.9 Å². The third kappa shape index (κ3) is 6.43. The first-order chi connectivity index (χ1) is 32.2. The van der Waals surface area contributed by atoms with Crippen LogP contribution in [-0.2, 0) is 5.41 Å². The predicted octanol–water partition coefficient (Wildman–Crippen LogP) is 17.2. The largest absolute Gasteiger partial charge is 0.311 e. The van der Waals surface area contributed by atoms with Gasteiger partial charge in [-0.15, -0.1) is 0 Å². The maximum atomic E-state index is 2.54. The second kappa shape index (κ2) is 15.5. The quantitative estimate of drug-likeness (QED) is 0.147. The summed E-state index contributed by atoms with van der Waals surface area (Å²) in [6.07, 6.45) is 7.18. The molecule has 1 nitrogen and oxygen atoms in total. The normalized spacial score (nSPS) is 21.0. The van der Waals surface area contributed by atoms with Crippen LogP contribution in [0.2, 0.25) is 0 Å². The Morgan fingerprint density at radius 1 is 0.277 bits per heavy atom. The molecule has 0 amide bonds. The highest BCUT2D eigenvalue weighted by molar-refractivity contribution is 5.86. The van der Waals surface area contributed by atoms with Crippen molar-refractivity contribution in [2.24, 2.45) is 23.7 Å². The molecule has 0 aliphatic heterocycles. The van der Waals surface area contributed by atoms with E-state index < -0.39 is 0 Å². The Balaban J connectivity index is 0.757. The molecule has 1 heteroatoms. The fraction of sp³-hybridized carbons (Fsp3) is 0.156. The van der Waals surface area contributed by atoms with Crippen LogP contribution < -0.4 is 4.90 Å². The van der Waals surface area contributed by atoms with Crippen molar-refractivity contribution >= 4 is 17.1 Å². The summed E-state index contributed by atoms with van der Waals surface area (Å²) >= 11 is 0. The first-order valence-electron chi connectivity index (χ1n) is 23.8. The summed E-state index contributed by atoms with van der Waals surface area (Å²) < 4.78 is 0. The van der Waals surface area contributed by atoms with E-state index in [4.69, 9.17) is 0 Å². The van der Waals surface area contributed by atoms with Crippen LogP contribution in [-0.4, -0.2) is 0 Å². The van der Waals surface area contributed by atoms with Crippen LogP contribution in [0.25, 0.3) is 66.8 Å². The fourth-order valence-electron chi connectivity index (χ4n) is 13.2. The zero-order valence-electron chi connectivity index (χ0n) is 36.7. The number of rotatable bonds is 8. The second-order valence-corrected chi connectivity index (χ2v) is 19.3. The zero-order valence-corrected chi connectivity index (χ0v) is 36.7. The molecule has 0 radical (unpaired) electrons. The third-order valence-corrected chi connectivity index (χ3v) is 15.9. The lowest BCUT2D eigenvalue weighted by atomic mass is 9.43. The molecule has 9 aromatic rings. The standard InChI is InChI=1S/C64H51N/c1-3-9-45(10-4-1)50-23-30-57(31-24-50)65(58-32-25-51(26-33-58)46-11-5-2-6-12-46)59-34-27-52(28-35-59)49-17-15-47(16-18-49)48-19-21-53(22-20-48)54-29-36-63-61(42-54)60-13-7-8-14-62(60)64(63)55-38-43-37-44(40-55)41-56(64)39-43/h1-36,42-44,55-56H,37-41H2. The van der Waals surface area contributed by atoms with Gasteiger partial charge in [0.25, 0.3) is 0 Å². The van der Waals surface area contributed by atoms with Crippen LogP contribution in [0.5, 0.6) is 0 Å². The third-order valence-electron chi connectivity index (χ3n) is 15.9. The maximum Gasteiger partial charge on any atom is 0.0462 e. The van der Waals surface area contributed by atoms with Crippen molar-refractivity contribution in [2.75, 3.05) is 4.90 Å². The van der Waals surface area contributed by atoms with Crippen molar-refractivity contribution in [1.82, 2.24) is 0 Å². The lowest BCUT2D eigenvalue weighted by Crippen LogP contribution is -2.55. The first kappa shape index (κ1) is 38.3. The second-order valence-electron chi connectivity index (χ2n) is 19.3. The van der Waals surface area contributed by atoms with Crippen molar-refractivity contribution in [1.29, 1.82) is 0 Å². The average Bonchev–Trinajstić information content (AvgIpc) is 3.67. The molecular weight excluding hydrogens is 783 g/mol. The molecule has 4 bridgehead atoms. The van der Waals surface area contributed by atoms with Crippen LogP contribution in [0.4, 0.5) is 17.1 Å². The van der Waals surface area contributed by atoms with Gasteiger partial charge in [0.05, 0.1) is 0 Å². The van der Waals surface area contributed by atoms with E-state index >= 15 is 0 Å². The number of hydrogen-bond donors (Lipinski definition) is 0. The van der Waals surface area contributed by atoms with Gasteiger partial charge in [-0.1, -0.05) is 182 Å². The molecule has 9 aromatic carbocycles. The minimum Gasteiger partial charge on any atom is -0.311 e. The van der Waals surface area contributed by atoms with Crippen molar-refractivity contribution in [3.05, 3.63) is 236 Å². The van der Waals surface area contributed by atoms with Crippen LogP contribution >= 0.6 is 0 Å². The molecule has 0 N–H and O–H groups in total. The van der Waals surface area contributed by atoms with Gasteiger partial charge >= 0.3 is 0 Å². The maximum absolute atomic E-state index is 2.54. The van der Waals surface area contributed by atoms with Crippen molar-refractivity contribution in [3.63, 3.8) is 0 Å². The van der Waals surface area contributed by atoms with Crippen molar-refractivity contribution in [3.8, 4) is 66.8 Å². The molecule has 0 aromatic heterocycles. The summed E-state index contributed by atoms with van der Waals surface area (Å²) in [5.74, 6) is 3.52. The molecule has 4 fully saturated rings. The van der Waals surface area contributed by atoms with Gasteiger partial charge in [0, 0.05) is 22.5 Å². The predicted molar refractivity (Wildman–Crippen MR) is 272 cm³/mol. The molecule has 312 valence electrons. The Morgan fingerprint density at radius 2 is 0.600 bits per heavy atom. The highest BCUT2D eigenvalue weighted by atomic mass is 15.1. The van der Waals surface area contributed by atoms with Crippen molar-refractivity contribution < 1.29 is 0 Å². The lowest BCUT2D eigenvalue weighted by molar-refractivity contribution is -0.0399. The van der Waals surface area contributed by atoms with Crippen LogP contribution in [0.1, 0.15) is 43.2 Å². The molecular formula is C64H51N. The van der Waals surface area contributed by atoms with Gasteiger partial charge in [-0.2, -0.15) is 0 Å². The molecule has 65 heavy (non-hydrogen) atoms. The van der Waals surface area contributed by atoms with E-state index in [2.05, 4.69) is 229 Å². The van der Waals surface area contributed by atoms with E-state index in [-0.39, 0.29) is 5.41 Å². The van der Waals surface area contributed by atoms with E-state index in [0.29, 0.717) is 0 Å². The summed E-state index contributed by atoms with van der Waals surface area (Å²) in [6, 6.07) is 83.2. The summed E-state index contributed by atoms with van der Waals surface area (Å²) in [6.45, 7) is 0. The Hall–Kier alpha value is -7.22. The molecule has 14 rings (SSSR count). The van der Waals surface area contributed by atoms with E-state index in [9.17, 15) is 0 Å². The number of benzene rings is 9. The Bertz CT molecular complexity index is 3040. The van der Waals surface area contributed by atoms with Crippen LogP contribution in [0.3, 0.4) is 0 Å². The SMILES string of the molecule is c1ccc(-c2ccc(N(c3ccc(-c4ccccc4)cc3)c3ccc(-c4ccc(-c5ccc(-c6ccc7c(c6)-c6ccccc6C76C7CC8CC(C7)CC6C8)cc5)cc4)cc3)cc2)cc1. The molecule has 0 atom stereocenters. The summed E-state index contributed by atoms with van der Waals surface area (Å²) in [4.78, 5) is 2.35. The molecule has 5 aliphatic carbocycles. The van der Waals surface area contributed by atoms with Crippen molar-refractivity contribution in [2.45, 2.75) is 37.5 Å². The number of hydrogen-bond acceptors (Lipinski definition) is 1. The monoisotopic (exact) mass is 833 g/mol. The Kier molecular flexibility index (Phi) is 9.12. The van der Waals surface area contributed by atoms with E-state index in [1.807, 2.05) is 0 Å². The fourth-order valence-corrected chi connectivity index (χ4v) is 13.2. The van der Waals surface area contributed by atoms with Gasteiger partial charge in [-0.25, -0.2) is 0 Å². The molecule has 0 saturated heterocycles. The smallest absolute Gasteiger partial charge is 0.0462 e. The topological polar surface area (TPSA) is 3.24 Å². The van der Waals surface area contributed by atoms with Gasteiger partial charge < -0.3 is 4.90 Å². The number of nitrogens with zero attached hydrogens (tertiary/aromatic N) is 1. The van der Waals surface area contributed by atoms with Gasteiger partial charge in [0.2, 0.25) is 0 Å². The minimum atomic E-state index is 0.224. The summed E-state index contributed by atoms with van der Waals surface area (Å²) in [5, 5.41) is 0. The number of fused-ring (bicyclic) bond motifs is 3. The molecule has 0 unspecified atom stereocenters. The lowest BCUT2D eigenvalue weighted by Gasteiger charge is -2.61. The van der Waals surface area contributed by atoms with Crippen LogP contribution in [0.15, 0.2) is 224 Å². The van der Waals surface area contributed by atoms with Gasteiger partial charge in [0.15, 0.2) is 0 Å².